The molecule has 1 spiro atoms. The molecule has 1 unspecified atom stereocenters. The third kappa shape index (κ3) is 20.6. The zero-order valence-electron chi connectivity index (χ0n) is 64.9. The SMILES string of the molecule is CC[C@H](C)[C@@H]1NC(=O)[C@H](CC(C)C)N(C)C(=O)C[C@@H](C(=O)N2CCCCC2)N(C)C(=O)[C@H](C2CCCC2)N(C)C(=O)C2(CCCC2)NC(=O)[C@@H](Cc2ccccc2)N(C)C(=O)[C@H](CCc2ccc(C(F)(F)F)c(Cl)c2)NC(=O)CN(C)C(=O)[C@H](CC2CCCCC2)N(C)C(=O)C2CCN2C(=O)[C@H](C)N(C)C1=O. The molecule has 0 aromatic heterocycles. The Morgan fingerprint density at radius 1 is 0.617 bits per heavy atom. The number of likely N-dealkylation sites (N-methyl/N-ethyl adjacent to an activating group) is 7. The van der Waals surface area contributed by atoms with E-state index in [0.717, 1.165) is 73.3 Å². The molecule has 6 fully saturated rings. The third-order valence-electron chi connectivity index (χ3n) is 23.9. The minimum Gasteiger partial charge on any atom is -0.343 e. The van der Waals surface area contributed by atoms with Gasteiger partial charge in [0, 0.05) is 75.4 Å². The normalized spacial score (nSPS) is 27.1. The number of alkyl halides is 3. The van der Waals surface area contributed by atoms with E-state index < -0.39 is 172 Å². The second-order valence-electron chi connectivity index (χ2n) is 31.7. The highest BCUT2D eigenvalue weighted by Gasteiger charge is 2.52. The van der Waals surface area contributed by atoms with Crippen LogP contribution in [-0.2, 0) is 76.6 Å². The van der Waals surface area contributed by atoms with E-state index in [9.17, 15) is 32.3 Å². The van der Waals surface area contributed by atoms with Crippen molar-refractivity contribution >= 4 is 82.5 Å². The fourth-order valence-electron chi connectivity index (χ4n) is 16.7. The fourth-order valence-corrected chi connectivity index (χ4v) is 17.0. The van der Waals surface area contributed by atoms with Crippen LogP contribution in [0.25, 0.3) is 0 Å². The first-order valence-corrected chi connectivity index (χ1v) is 39.2. The number of benzene rings is 2. The molecule has 0 radical (unpaired) electrons. The molecular weight excluding hydrogens is 1400 g/mol. The lowest BCUT2D eigenvalue weighted by molar-refractivity contribution is -0.160. The molecule has 10 atom stereocenters. The molecule has 3 heterocycles. The van der Waals surface area contributed by atoms with Crippen molar-refractivity contribution in [1.82, 2.24) is 60.0 Å². The van der Waals surface area contributed by atoms with Gasteiger partial charge in [-0.25, -0.2) is 0 Å². The number of carbonyl (C=O) groups excluding carboxylic acids is 12. The largest absolute Gasteiger partial charge is 0.417 e. The number of carbonyl (C=O) groups is 12. The van der Waals surface area contributed by atoms with Gasteiger partial charge in [0.15, 0.2) is 0 Å². The van der Waals surface area contributed by atoms with Crippen molar-refractivity contribution in [2.75, 3.05) is 75.5 Å². The second-order valence-corrected chi connectivity index (χ2v) is 32.2. The number of amides is 12. The van der Waals surface area contributed by atoms with E-state index in [1.54, 1.807) is 42.2 Å². The molecule has 3 saturated carbocycles. The van der Waals surface area contributed by atoms with Crippen LogP contribution in [-0.4, -0.2) is 250 Å². The molecule has 6 aliphatic rings. The summed E-state index contributed by atoms with van der Waals surface area (Å²) < 4.78 is 42.0. The molecule has 12 amide bonds. The van der Waals surface area contributed by atoms with Gasteiger partial charge in [-0.15, -0.1) is 0 Å². The van der Waals surface area contributed by atoms with Crippen molar-refractivity contribution in [3.05, 3.63) is 70.2 Å². The second kappa shape index (κ2) is 37.5. The maximum atomic E-state index is 15.9. The topological polar surface area (TPSA) is 270 Å². The quantitative estimate of drug-likeness (QED) is 0.175. The fraction of sp³-hybridized carbons (Fsp3) is 0.696. The van der Waals surface area contributed by atoms with Gasteiger partial charge in [-0.3, -0.25) is 57.5 Å². The lowest BCUT2D eigenvalue weighted by Gasteiger charge is -2.45. The number of aryl methyl sites for hydroxylation is 1. The Bertz CT molecular complexity index is 3510. The van der Waals surface area contributed by atoms with Crippen LogP contribution in [0.1, 0.15) is 193 Å². The standard InChI is InChI=1S/C79H116ClF3N12O12/c1-13-50(4)66-75(105)88(7)51(5)70(100)95-42-37-59(95)73(103)91(10)62(46-53-29-19-15-20-30-53)72(102)87(6)48-64(96)84-58(36-34-54-33-35-56(57(80)44-54)79(81,82)83)71(101)90(9)61(45-52-27-17-14-18-28-52)69(99)86-78(38-23-24-39-78)77(107)93(12)67(55-31-21-22-32-55)76(106)92(11)63(74(104)94-40-25-16-26-41-94)47-65(97)89(8)60(43-49(2)3)68(98)85-66/h14,17-18,27-28,33,35,44,49-51,53,55,58-63,66-67H,13,15-16,19-26,29-32,34,36-43,45-48H2,1-12H3,(H,84,96)(H,85,98)(H,86,99)/t50-,51-,58-,59?,60-,61+,62-,63-,66-,67-/m0/s1. The number of piperidine rings is 1. The molecule has 592 valence electrons. The molecule has 24 nitrogen and oxygen atoms in total. The smallest absolute Gasteiger partial charge is 0.343 e. The molecule has 28 heteroatoms. The molecule has 3 saturated heterocycles. The first-order valence-electron chi connectivity index (χ1n) is 38.9. The summed E-state index contributed by atoms with van der Waals surface area (Å²) in [6, 6.07) is 0.635. The van der Waals surface area contributed by atoms with Crippen LogP contribution in [0, 0.1) is 23.7 Å². The van der Waals surface area contributed by atoms with E-state index in [0.29, 0.717) is 63.6 Å². The average Bonchev–Trinajstić information content (AvgIpc) is 1.76. The van der Waals surface area contributed by atoms with Crippen LogP contribution < -0.4 is 16.0 Å². The van der Waals surface area contributed by atoms with Crippen LogP contribution in [0.4, 0.5) is 13.2 Å². The number of fused-ring (bicyclic) bond motifs is 1. The maximum Gasteiger partial charge on any atom is 0.417 e. The molecule has 3 N–H and O–H groups in total. The van der Waals surface area contributed by atoms with Crippen molar-refractivity contribution < 1.29 is 70.7 Å². The first kappa shape index (κ1) is 84.8. The van der Waals surface area contributed by atoms with E-state index in [1.165, 1.54) is 91.7 Å². The van der Waals surface area contributed by atoms with Crippen molar-refractivity contribution in [2.45, 2.75) is 255 Å². The van der Waals surface area contributed by atoms with Gasteiger partial charge in [0.2, 0.25) is 70.9 Å². The Labute approximate surface area is 634 Å². The summed E-state index contributed by atoms with van der Waals surface area (Å²) in [6.07, 6.45) is 5.44. The predicted octanol–water partition coefficient (Wildman–Crippen LogP) is 7.64. The first-order chi connectivity index (χ1) is 50.6. The highest BCUT2D eigenvalue weighted by Crippen LogP contribution is 2.39. The Hall–Kier alpha value is -7.84. The molecule has 107 heavy (non-hydrogen) atoms. The van der Waals surface area contributed by atoms with E-state index >= 15 is 38.4 Å². The zero-order valence-corrected chi connectivity index (χ0v) is 65.6. The number of likely N-dealkylation sites (tertiary alicyclic amines) is 1. The van der Waals surface area contributed by atoms with Gasteiger partial charge in [-0.1, -0.05) is 140 Å². The van der Waals surface area contributed by atoms with Gasteiger partial charge in [-0.2, -0.15) is 13.2 Å². The number of halogens is 4. The van der Waals surface area contributed by atoms with Crippen molar-refractivity contribution in [2.24, 2.45) is 23.7 Å². The summed E-state index contributed by atoms with van der Waals surface area (Å²) in [7, 11) is 10.1. The van der Waals surface area contributed by atoms with Crippen molar-refractivity contribution in [1.29, 1.82) is 0 Å². The summed E-state index contributed by atoms with van der Waals surface area (Å²) in [5.74, 6) is -8.85. The van der Waals surface area contributed by atoms with Crippen molar-refractivity contribution in [3.8, 4) is 0 Å². The minimum atomic E-state index is -4.78. The molecule has 2 aromatic carbocycles. The van der Waals surface area contributed by atoms with E-state index in [-0.39, 0.29) is 75.3 Å². The number of nitrogens with zero attached hydrogens (tertiary/aromatic N) is 9. The van der Waals surface area contributed by atoms with E-state index in [4.69, 9.17) is 11.6 Å². The highest BCUT2D eigenvalue weighted by atomic mass is 35.5. The molecule has 2 aromatic rings. The van der Waals surface area contributed by atoms with Crippen LogP contribution >= 0.6 is 11.6 Å². The van der Waals surface area contributed by atoms with Gasteiger partial charge in [0.05, 0.1) is 23.6 Å². The Balaban J connectivity index is 1.22. The predicted molar refractivity (Wildman–Crippen MR) is 398 cm³/mol. The van der Waals surface area contributed by atoms with Gasteiger partial charge in [0.1, 0.15) is 59.9 Å². The lowest BCUT2D eigenvalue weighted by atomic mass is 9.84. The molecule has 3 aliphatic heterocycles. The third-order valence-corrected chi connectivity index (χ3v) is 24.2. The van der Waals surface area contributed by atoms with Crippen LogP contribution in [0.15, 0.2) is 48.5 Å². The van der Waals surface area contributed by atoms with Gasteiger partial charge in [-0.05, 0) is 131 Å². The minimum absolute atomic E-state index is 0.00701. The number of nitrogens with one attached hydrogen (secondary N) is 3. The number of rotatable bonds is 13. The Kier molecular flexibility index (Phi) is 29.7. The van der Waals surface area contributed by atoms with Gasteiger partial charge >= 0.3 is 6.18 Å². The van der Waals surface area contributed by atoms with Crippen molar-refractivity contribution in [3.63, 3.8) is 0 Å². The summed E-state index contributed by atoms with van der Waals surface area (Å²) in [4.78, 5) is 195. The molecule has 0 bridgehead atoms. The van der Waals surface area contributed by atoms with Crippen LogP contribution in [0.2, 0.25) is 5.02 Å². The Morgan fingerprint density at radius 2 is 1.23 bits per heavy atom. The average molecular weight is 1520 g/mol. The highest BCUT2D eigenvalue weighted by molar-refractivity contribution is 6.31. The lowest BCUT2D eigenvalue weighted by Crippen LogP contribution is -2.65. The number of hydrogen-bond donors (Lipinski definition) is 3. The monoisotopic (exact) mass is 1520 g/mol. The van der Waals surface area contributed by atoms with Crippen LogP contribution in [0.3, 0.4) is 0 Å². The van der Waals surface area contributed by atoms with Gasteiger partial charge in [0.25, 0.3) is 0 Å². The summed E-state index contributed by atoms with van der Waals surface area (Å²) in [6.45, 7) is 9.13. The summed E-state index contributed by atoms with van der Waals surface area (Å²) in [5.41, 5.74) is -1.84. The zero-order chi connectivity index (χ0) is 78.5. The van der Waals surface area contributed by atoms with Gasteiger partial charge < -0.3 is 60.0 Å². The maximum absolute atomic E-state index is 15.9. The summed E-state index contributed by atoms with van der Waals surface area (Å²) in [5, 5.41) is 8.27. The summed E-state index contributed by atoms with van der Waals surface area (Å²) >= 11 is 6.22. The molecular formula is C79H116ClF3N12O12. The Morgan fingerprint density at radius 3 is 1.82 bits per heavy atom. The molecule has 8 rings (SSSR count). The van der Waals surface area contributed by atoms with E-state index in [1.807, 2.05) is 20.8 Å². The van der Waals surface area contributed by atoms with E-state index in [2.05, 4.69) is 16.0 Å². The number of hydrogen-bond acceptors (Lipinski definition) is 12. The molecule has 3 aliphatic carbocycles. The van der Waals surface area contributed by atoms with Crippen LogP contribution in [0.5, 0.6) is 0 Å².